The van der Waals surface area contributed by atoms with Gasteiger partial charge in [0, 0.05) is 21.7 Å². The molecule has 1 unspecified atom stereocenters. The van der Waals surface area contributed by atoms with Gasteiger partial charge in [-0.15, -0.1) is 11.3 Å². The van der Waals surface area contributed by atoms with Gasteiger partial charge in [0.05, 0.1) is 14.2 Å². The fourth-order valence-electron chi connectivity index (χ4n) is 5.10. The van der Waals surface area contributed by atoms with Crippen LogP contribution in [-0.4, -0.2) is 50.5 Å². The molecule has 0 spiro atoms. The summed E-state index contributed by atoms with van der Waals surface area (Å²) in [7, 11) is 3.35. The first-order valence-electron chi connectivity index (χ1n) is 13.0. The van der Waals surface area contributed by atoms with Crippen molar-refractivity contribution < 1.29 is 19.3 Å². The highest BCUT2D eigenvalue weighted by Crippen LogP contribution is 2.46. The normalized spacial score (nSPS) is 15.0. The van der Waals surface area contributed by atoms with Crippen molar-refractivity contribution in [3.8, 4) is 27.7 Å². The predicted octanol–water partition coefficient (Wildman–Crippen LogP) is 6.84. The second kappa shape index (κ2) is 11.5. The summed E-state index contributed by atoms with van der Waals surface area (Å²) in [4.78, 5) is 3.53. The molecule has 1 aliphatic rings. The Morgan fingerprint density at radius 1 is 0.865 bits per heavy atom. The number of nitrogens with zero attached hydrogens (tertiary/aromatic N) is 1. The number of likely N-dealkylation sites (tertiary alicyclic amines) is 1. The molecule has 0 saturated carbocycles. The van der Waals surface area contributed by atoms with E-state index in [0.717, 1.165) is 61.0 Å². The van der Waals surface area contributed by atoms with Gasteiger partial charge in [-0.25, -0.2) is 0 Å². The molecule has 1 fully saturated rings. The van der Waals surface area contributed by atoms with Crippen molar-refractivity contribution in [1.29, 1.82) is 0 Å². The van der Waals surface area contributed by atoms with Crippen molar-refractivity contribution in [2.75, 3.05) is 40.5 Å². The number of aliphatic hydroxyl groups excluding tert-OH is 1. The van der Waals surface area contributed by atoms with Gasteiger partial charge in [0.25, 0.3) is 0 Å². The number of rotatable bonds is 9. The van der Waals surface area contributed by atoms with E-state index in [9.17, 15) is 5.11 Å². The van der Waals surface area contributed by atoms with E-state index in [1.807, 2.05) is 54.6 Å². The van der Waals surface area contributed by atoms with E-state index < -0.39 is 6.10 Å². The molecule has 194 valence electrons. The maximum Gasteiger partial charge on any atom is 0.120 e. The Kier molecular flexibility index (Phi) is 7.99. The van der Waals surface area contributed by atoms with Crippen molar-refractivity contribution >= 4 is 21.4 Å². The van der Waals surface area contributed by atoms with Gasteiger partial charge >= 0.3 is 0 Å². The summed E-state index contributed by atoms with van der Waals surface area (Å²) >= 11 is 1.67. The molecule has 1 saturated heterocycles. The number of aryl methyl sites for hydroxylation is 1. The second-order valence-electron chi connectivity index (χ2n) is 9.61. The summed E-state index contributed by atoms with van der Waals surface area (Å²) in [6, 6.07) is 20.0. The molecule has 2 heterocycles. The summed E-state index contributed by atoms with van der Waals surface area (Å²) < 4.78 is 18.0. The van der Waals surface area contributed by atoms with E-state index in [-0.39, 0.29) is 0 Å². The molecule has 6 heteroatoms. The predicted molar refractivity (Wildman–Crippen MR) is 151 cm³/mol. The minimum absolute atomic E-state index is 0.680. The first-order chi connectivity index (χ1) is 18.1. The standard InChI is InChI=1S/C31H35NO4S/c1-21-19-24(34-2)11-13-26(21)31-29(27-14-12-25(35-3)20-28(27)37-31)30(33)22-7-9-23(10-8-22)36-18-17-32-15-5-4-6-16-32/h7-14,19-20,30,33H,4-6,15-18H2,1-3H3. The summed E-state index contributed by atoms with van der Waals surface area (Å²) in [6.07, 6.45) is 3.14. The lowest BCUT2D eigenvalue weighted by Crippen LogP contribution is -2.33. The molecule has 5 nitrogen and oxygen atoms in total. The molecule has 4 aromatic rings. The SMILES string of the molecule is COc1ccc(-c2sc3cc(OC)ccc3c2C(O)c2ccc(OCCN3CCCCC3)cc2)c(C)c1. The molecule has 1 N–H and O–H groups in total. The quantitative estimate of drug-likeness (QED) is 0.263. The minimum atomic E-state index is -0.777. The molecule has 5 rings (SSSR count). The maximum atomic E-state index is 11.7. The number of hydrogen-bond donors (Lipinski definition) is 1. The zero-order valence-corrected chi connectivity index (χ0v) is 22.6. The maximum absolute atomic E-state index is 11.7. The van der Waals surface area contributed by atoms with Gasteiger partial charge in [-0.05, 0) is 103 Å². The first-order valence-corrected chi connectivity index (χ1v) is 13.8. The fraction of sp³-hybridized carbons (Fsp3) is 0.355. The number of benzene rings is 3. The summed E-state index contributed by atoms with van der Waals surface area (Å²) in [5.41, 5.74) is 3.94. The van der Waals surface area contributed by atoms with Crippen molar-refractivity contribution in [2.45, 2.75) is 32.3 Å². The van der Waals surface area contributed by atoms with Crippen LogP contribution in [0.15, 0.2) is 60.7 Å². The third-order valence-electron chi connectivity index (χ3n) is 7.21. The molecule has 3 aromatic carbocycles. The molecule has 1 aliphatic heterocycles. The first kappa shape index (κ1) is 25.6. The molecule has 37 heavy (non-hydrogen) atoms. The molecule has 0 aliphatic carbocycles. The molecule has 1 atom stereocenters. The lowest BCUT2D eigenvalue weighted by molar-refractivity contribution is 0.183. The fourth-order valence-corrected chi connectivity index (χ4v) is 6.46. The van der Waals surface area contributed by atoms with Crippen LogP contribution in [0.25, 0.3) is 20.5 Å². The number of piperidine rings is 1. The van der Waals surface area contributed by atoms with Crippen LogP contribution >= 0.6 is 11.3 Å². The molecule has 0 amide bonds. The number of hydrogen-bond acceptors (Lipinski definition) is 6. The minimum Gasteiger partial charge on any atom is -0.497 e. The van der Waals surface area contributed by atoms with Crippen LogP contribution in [0, 0.1) is 6.92 Å². The van der Waals surface area contributed by atoms with Crippen LogP contribution in [-0.2, 0) is 0 Å². The van der Waals surface area contributed by atoms with Gasteiger partial charge < -0.3 is 19.3 Å². The van der Waals surface area contributed by atoms with E-state index in [1.54, 1.807) is 25.6 Å². The highest BCUT2D eigenvalue weighted by Gasteiger charge is 2.23. The Bertz CT molecular complexity index is 1340. The number of aliphatic hydroxyl groups is 1. The summed E-state index contributed by atoms with van der Waals surface area (Å²) in [5.74, 6) is 2.46. The number of fused-ring (bicyclic) bond motifs is 1. The second-order valence-corrected chi connectivity index (χ2v) is 10.7. The molecule has 0 radical (unpaired) electrons. The van der Waals surface area contributed by atoms with Crippen molar-refractivity contribution in [3.05, 3.63) is 77.4 Å². The van der Waals surface area contributed by atoms with Crippen LogP contribution in [0.3, 0.4) is 0 Å². The largest absolute Gasteiger partial charge is 0.497 e. The molecule has 0 bridgehead atoms. The van der Waals surface area contributed by atoms with E-state index >= 15 is 0 Å². The summed E-state index contributed by atoms with van der Waals surface area (Å²) in [5, 5.41) is 12.7. The van der Waals surface area contributed by atoms with Gasteiger partial charge in [-0.2, -0.15) is 0 Å². The van der Waals surface area contributed by atoms with E-state index in [1.165, 1.54) is 32.4 Å². The lowest BCUT2D eigenvalue weighted by atomic mass is 9.94. The van der Waals surface area contributed by atoms with Crippen LogP contribution < -0.4 is 14.2 Å². The van der Waals surface area contributed by atoms with Crippen LogP contribution in [0.1, 0.15) is 42.1 Å². The van der Waals surface area contributed by atoms with Crippen molar-refractivity contribution in [1.82, 2.24) is 4.90 Å². The molecule has 1 aromatic heterocycles. The van der Waals surface area contributed by atoms with Crippen molar-refractivity contribution in [3.63, 3.8) is 0 Å². The molecular formula is C31H35NO4S. The zero-order chi connectivity index (χ0) is 25.8. The van der Waals surface area contributed by atoms with Gasteiger partial charge in [0.2, 0.25) is 0 Å². The smallest absolute Gasteiger partial charge is 0.120 e. The third kappa shape index (κ3) is 5.61. The van der Waals surface area contributed by atoms with E-state index in [0.29, 0.717) is 6.61 Å². The van der Waals surface area contributed by atoms with Gasteiger partial charge in [0.15, 0.2) is 0 Å². The zero-order valence-electron chi connectivity index (χ0n) is 21.8. The average Bonchev–Trinajstić information content (AvgIpc) is 3.31. The number of ether oxygens (including phenoxy) is 3. The van der Waals surface area contributed by atoms with E-state index in [4.69, 9.17) is 14.2 Å². The Morgan fingerprint density at radius 3 is 2.24 bits per heavy atom. The highest BCUT2D eigenvalue weighted by molar-refractivity contribution is 7.22. The Labute approximate surface area is 223 Å². The van der Waals surface area contributed by atoms with E-state index in [2.05, 4.69) is 17.9 Å². The average molecular weight is 518 g/mol. The Balaban J connectivity index is 1.43. The summed E-state index contributed by atoms with van der Waals surface area (Å²) in [6.45, 7) is 6.06. The topological polar surface area (TPSA) is 51.2 Å². The van der Waals surface area contributed by atoms with Gasteiger partial charge in [0.1, 0.15) is 30.0 Å². The molecular weight excluding hydrogens is 482 g/mol. The van der Waals surface area contributed by atoms with Gasteiger partial charge in [-0.3, -0.25) is 4.90 Å². The third-order valence-corrected chi connectivity index (χ3v) is 8.41. The van der Waals surface area contributed by atoms with Crippen LogP contribution in [0.2, 0.25) is 0 Å². The lowest BCUT2D eigenvalue weighted by Gasteiger charge is -2.26. The van der Waals surface area contributed by atoms with Crippen molar-refractivity contribution in [2.24, 2.45) is 0 Å². The Hall–Kier alpha value is -3.06. The Morgan fingerprint density at radius 2 is 1.54 bits per heavy atom. The number of thiophene rings is 1. The van der Waals surface area contributed by atoms with Gasteiger partial charge in [-0.1, -0.05) is 18.6 Å². The number of methoxy groups -OCH3 is 2. The van der Waals surface area contributed by atoms with Crippen LogP contribution in [0.5, 0.6) is 17.2 Å². The highest BCUT2D eigenvalue weighted by atomic mass is 32.1. The monoisotopic (exact) mass is 517 g/mol. The van der Waals surface area contributed by atoms with Crippen LogP contribution in [0.4, 0.5) is 0 Å².